The Balaban J connectivity index is 1.22. The third-order valence-corrected chi connectivity index (χ3v) is 11.3. The number of allylic oxidation sites excluding steroid dienone is 3. The van der Waals surface area contributed by atoms with Crippen molar-refractivity contribution in [2.24, 2.45) is 10.8 Å². The largest absolute Gasteiger partial charge is 0.463 e. The van der Waals surface area contributed by atoms with Crippen LogP contribution in [0.15, 0.2) is 36.0 Å². The molecule has 40 heavy (non-hydrogen) atoms. The Bertz CT molecular complexity index is 1250. The van der Waals surface area contributed by atoms with Gasteiger partial charge in [-0.05, 0) is 25.8 Å². The lowest BCUT2D eigenvalue weighted by Gasteiger charge is -2.58. The SMILES string of the molecule is CC1=CC2OC3CC4OC(=O)/C=C\C=C/C56OCCC7(OC7C(=O)OCC2(CC1)C4(C)C31CO1)C5OC(O)C6O. The zero-order chi connectivity index (χ0) is 27.7. The molecular weight excluding hydrogens is 524 g/mol. The number of aliphatic hydroxyl groups is 2. The molecule has 4 bridgehead atoms. The van der Waals surface area contributed by atoms with E-state index in [-0.39, 0.29) is 25.4 Å². The summed E-state index contributed by atoms with van der Waals surface area (Å²) in [6, 6.07) is 0. The van der Waals surface area contributed by atoms with Crippen LogP contribution >= 0.6 is 0 Å². The highest BCUT2D eigenvalue weighted by molar-refractivity contribution is 5.82. The molecule has 2 aliphatic carbocycles. The topological polar surface area (TPSA) is 146 Å². The van der Waals surface area contributed by atoms with Crippen LogP contribution in [0.2, 0.25) is 0 Å². The van der Waals surface area contributed by atoms with E-state index in [1.54, 1.807) is 12.2 Å². The fourth-order valence-electron chi connectivity index (χ4n) is 8.86. The normalized spacial score (nSPS) is 57.6. The number of rotatable bonds is 0. The summed E-state index contributed by atoms with van der Waals surface area (Å²) in [5.74, 6) is -1.07. The summed E-state index contributed by atoms with van der Waals surface area (Å²) in [6.45, 7) is 4.85. The van der Waals surface area contributed by atoms with E-state index in [1.807, 2.05) is 0 Å². The van der Waals surface area contributed by atoms with Gasteiger partial charge >= 0.3 is 11.9 Å². The lowest BCUT2D eigenvalue weighted by molar-refractivity contribution is -0.233. The van der Waals surface area contributed by atoms with E-state index in [0.717, 1.165) is 6.42 Å². The van der Waals surface area contributed by atoms with Gasteiger partial charge in [0.15, 0.2) is 12.4 Å². The number of esters is 2. The van der Waals surface area contributed by atoms with Crippen molar-refractivity contribution >= 4 is 11.9 Å². The molecule has 11 heteroatoms. The van der Waals surface area contributed by atoms with E-state index < -0.39 is 70.3 Å². The number of aliphatic hydroxyl groups excluding tert-OH is 2. The summed E-state index contributed by atoms with van der Waals surface area (Å²) in [5.41, 5.74) is -3.37. The number of epoxide rings is 2. The molecule has 0 aromatic rings. The quantitative estimate of drug-likeness (QED) is 0.245. The van der Waals surface area contributed by atoms with E-state index in [4.69, 9.17) is 33.2 Å². The molecule has 6 fully saturated rings. The van der Waals surface area contributed by atoms with Crippen molar-refractivity contribution in [3.63, 3.8) is 0 Å². The molecule has 5 saturated heterocycles. The lowest BCUT2D eigenvalue weighted by Crippen LogP contribution is -2.67. The van der Waals surface area contributed by atoms with Crippen molar-refractivity contribution in [1.29, 1.82) is 0 Å². The van der Waals surface area contributed by atoms with E-state index >= 15 is 0 Å². The molecule has 216 valence electrons. The lowest BCUT2D eigenvalue weighted by atomic mass is 9.51. The second-order valence-electron chi connectivity index (χ2n) is 12.8. The first kappa shape index (κ1) is 25.6. The van der Waals surface area contributed by atoms with Crippen LogP contribution < -0.4 is 0 Å². The van der Waals surface area contributed by atoms with Crippen LogP contribution in [0.3, 0.4) is 0 Å². The van der Waals surface area contributed by atoms with Gasteiger partial charge in [-0.25, -0.2) is 9.59 Å². The molecule has 12 unspecified atom stereocenters. The second-order valence-corrected chi connectivity index (χ2v) is 12.8. The summed E-state index contributed by atoms with van der Waals surface area (Å²) in [7, 11) is 0. The maximum atomic E-state index is 13.7. The fraction of sp³-hybridized carbons (Fsp3) is 0.724. The third-order valence-electron chi connectivity index (χ3n) is 11.3. The van der Waals surface area contributed by atoms with Gasteiger partial charge in [-0.3, -0.25) is 0 Å². The van der Waals surface area contributed by atoms with Gasteiger partial charge in [-0.15, -0.1) is 0 Å². The molecule has 12 atom stereocenters. The Morgan fingerprint density at radius 2 is 1.85 bits per heavy atom. The highest BCUT2D eigenvalue weighted by atomic mass is 16.7. The predicted octanol–water partition coefficient (Wildman–Crippen LogP) is 0.615. The Morgan fingerprint density at radius 1 is 1.02 bits per heavy atom. The number of carbonyl (C=O) groups is 2. The highest BCUT2D eigenvalue weighted by Gasteiger charge is 2.83. The van der Waals surface area contributed by atoms with Crippen LogP contribution in [0.5, 0.6) is 0 Å². The van der Waals surface area contributed by atoms with Crippen LogP contribution in [-0.2, 0) is 42.7 Å². The first-order chi connectivity index (χ1) is 19.1. The summed E-state index contributed by atoms with van der Waals surface area (Å²) >= 11 is 0. The molecule has 0 aromatic carbocycles. The number of hydrogen-bond acceptors (Lipinski definition) is 11. The Kier molecular flexibility index (Phi) is 5.14. The predicted molar refractivity (Wildman–Crippen MR) is 132 cm³/mol. The monoisotopic (exact) mass is 558 g/mol. The molecule has 0 amide bonds. The van der Waals surface area contributed by atoms with E-state index in [1.165, 1.54) is 17.7 Å². The first-order valence-corrected chi connectivity index (χ1v) is 14.2. The van der Waals surface area contributed by atoms with Crippen LogP contribution in [0, 0.1) is 10.8 Å². The first-order valence-electron chi connectivity index (χ1n) is 14.2. The van der Waals surface area contributed by atoms with Crippen molar-refractivity contribution in [2.75, 3.05) is 19.8 Å². The summed E-state index contributed by atoms with van der Waals surface area (Å²) in [5, 5.41) is 21.3. The van der Waals surface area contributed by atoms with E-state index in [0.29, 0.717) is 25.9 Å². The van der Waals surface area contributed by atoms with Gasteiger partial charge in [-0.2, -0.15) is 0 Å². The Hall–Kier alpha value is -2.12. The number of ether oxygens (including phenoxy) is 7. The molecule has 6 heterocycles. The zero-order valence-corrected chi connectivity index (χ0v) is 22.4. The minimum Gasteiger partial charge on any atom is -0.463 e. The van der Waals surface area contributed by atoms with Crippen molar-refractivity contribution in [1.82, 2.24) is 0 Å². The molecule has 0 aromatic heterocycles. The van der Waals surface area contributed by atoms with Crippen LogP contribution in [0.4, 0.5) is 0 Å². The smallest absolute Gasteiger partial charge is 0.338 e. The Labute approximate surface area is 231 Å². The zero-order valence-electron chi connectivity index (χ0n) is 22.4. The highest BCUT2D eigenvalue weighted by Crippen LogP contribution is 2.72. The van der Waals surface area contributed by atoms with Gasteiger partial charge in [0, 0.05) is 24.3 Å². The average Bonchev–Trinajstić information content (AvgIpc) is 3.83. The molecule has 8 rings (SSSR count). The second kappa shape index (κ2) is 8.03. The third kappa shape index (κ3) is 2.94. The number of carbonyl (C=O) groups excluding carboxylic acids is 2. The Morgan fingerprint density at radius 3 is 2.65 bits per heavy atom. The molecule has 6 aliphatic heterocycles. The van der Waals surface area contributed by atoms with E-state index in [2.05, 4.69) is 19.9 Å². The van der Waals surface area contributed by atoms with Gasteiger partial charge in [0.1, 0.15) is 41.7 Å². The summed E-state index contributed by atoms with van der Waals surface area (Å²) in [4.78, 5) is 26.8. The van der Waals surface area contributed by atoms with Crippen LogP contribution in [0.1, 0.15) is 39.5 Å². The molecule has 0 radical (unpaired) electrons. The average molecular weight is 559 g/mol. The van der Waals surface area contributed by atoms with Crippen molar-refractivity contribution in [2.45, 2.75) is 99.2 Å². The van der Waals surface area contributed by atoms with Crippen LogP contribution in [0.25, 0.3) is 0 Å². The maximum Gasteiger partial charge on any atom is 0.338 e. The molecular formula is C29H34O11. The van der Waals surface area contributed by atoms with Crippen molar-refractivity contribution < 1.29 is 53.0 Å². The molecule has 1 saturated carbocycles. The summed E-state index contributed by atoms with van der Waals surface area (Å²) < 4.78 is 42.8. The molecule has 8 aliphatic rings. The van der Waals surface area contributed by atoms with Gasteiger partial charge in [0.2, 0.25) is 0 Å². The van der Waals surface area contributed by atoms with Gasteiger partial charge in [-0.1, -0.05) is 30.7 Å². The minimum absolute atomic E-state index is 0.0345. The summed E-state index contributed by atoms with van der Waals surface area (Å²) in [6.07, 6.45) is 4.33. The van der Waals surface area contributed by atoms with E-state index in [9.17, 15) is 19.8 Å². The number of hydrogen-bond donors (Lipinski definition) is 2. The van der Waals surface area contributed by atoms with Gasteiger partial charge in [0.25, 0.3) is 0 Å². The fourth-order valence-corrected chi connectivity index (χ4v) is 8.86. The minimum atomic E-state index is -1.54. The van der Waals surface area contributed by atoms with Crippen molar-refractivity contribution in [3.05, 3.63) is 36.0 Å². The standard InChI is InChI=1S/C29H34O11/c1-15-6-8-26-13-34-23(33)21-28(40-21)9-10-35-27(20(31)22(32)39-24(27)28)7-4-3-5-19(30)38-16-12-18(37-17(26)11-15)29(14-36-29)25(16,26)2/h3-5,7,11,16-18,20-22,24,31-32H,6,8-10,12-14H2,1-2H3/b5-3-,7-4-. The van der Waals surface area contributed by atoms with Gasteiger partial charge in [0.05, 0.1) is 30.8 Å². The maximum absolute atomic E-state index is 13.7. The van der Waals surface area contributed by atoms with Crippen molar-refractivity contribution in [3.8, 4) is 0 Å². The number of cyclic esters (lactones) is 1. The van der Waals surface area contributed by atoms with Crippen LogP contribution in [-0.4, -0.2) is 102 Å². The molecule has 2 N–H and O–H groups in total. The molecule has 11 nitrogen and oxygen atoms in total. The van der Waals surface area contributed by atoms with Gasteiger partial charge < -0.3 is 43.4 Å². The molecule has 3 spiro atoms.